The van der Waals surface area contributed by atoms with Crippen LogP contribution in [0.2, 0.25) is 0 Å². The van der Waals surface area contributed by atoms with E-state index in [2.05, 4.69) is 0 Å². The molecule has 1 aromatic heterocycles. The summed E-state index contributed by atoms with van der Waals surface area (Å²) in [6, 6.07) is 18.4. The van der Waals surface area contributed by atoms with Gasteiger partial charge in [-0.2, -0.15) is 0 Å². The van der Waals surface area contributed by atoms with E-state index < -0.39 is 10.5 Å². The van der Waals surface area contributed by atoms with Gasteiger partial charge in [0, 0.05) is 30.6 Å². The SMILES string of the molecule is CCN(C(=O)c1cccn(Cc2cccc([N+](=O)[O-])c2)c1=O)c1ccccc1. The van der Waals surface area contributed by atoms with Crippen LogP contribution >= 0.6 is 0 Å². The maximum Gasteiger partial charge on any atom is 0.269 e. The first kappa shape index (κ1) is 19.0. The van der Waals surface area contributed by atoms with Crippen molar-refractivity contribution in [2.45, 2.75) is 13.5 Å². The lowest BCUT2D eigenvalue weighted by molar-refractivity contribution is -0.384. The van der Waals surface area contributed by atoms with Gasteiger partial charge in [0.25, 0.3) is 17.2 Å². The van der Waals surface area contributed by atoms with Crippen molar-refractivity contribution in [1.29, 1.82) is 0 Å². The van der Waals surface area contributed by atoms with Gasteiger partial charge in [-0.05, 0) is 36.8 Å². The van der Waals surface area contributed by atoms with Crippen LogP contribution in [0.5, 0.6) is 0 Å². The Morgan fingerprint density at radius 3 is 2.50 bits per heavy atom. The summed E-state index contributed by atoms with van der Waals surface area (Å²) in [6.07, 6.45) is 1.57. The third kappa shape index (κ3) is 3.98. The highest BCUT2D eigenvalue weighted by Crippen LogP contribution is 2.16. The van der Waals surface area contributed by atoms with Crippen molar-refractivity contribution in [2.75, 3.05) is 11.4 Å². The van der Waals surface area contributed by atoms with Crippen molar-refractivity contribution in [3.8, 4) is 0 Å². The molecule has 0 aliphatic rings. The molecule has 0 saturated heterocycles. The molecule has 7 heteroatoms. The van der Waals surface area contributed by atoms with Gasteiger partial charge in [-0.3, -0.25) is 19.7 Å². The van der Waals surface area contributed by atoms with E-state index in [0.29, 0.717) is 17.8 Å². The second-order valence-corrected chi connectivity index (χ2v) is 6.17. The summed E-state index contributed by atoms with van der Waals surface area (Å²) in [6.45, 7) is 2.40. The van der Waals surface area contributed by atoms with Crippen molar-refractivity contribution >= 4 is 17.3 Å². The molecule has 0 radical (unpaired) electrons. The molecular weight excluding hydrogens is 358 g/mol. The molecule has 0 spiro atoms. The minimum Gasteiger partial charge on any atom is -0.310 e. The molecule has 0 atom stereocenters. The van der Waals surface area contributed by atoms with Crippen LogP contribution in [0.1, 0.15) is 22.8 Å². The molecule has 3 aromatic rings. The van der Waals surface area contributed by atoms with E-state index in [-0.39, 0.29) is 23.7 Å². The fourth-order valence-electron chi connectivity index (χ4n) is 2.99. The third-order valence-corrected chi connectivity index (χ3v) is 4.35. The number of pyridine rings is 1. The fraction of sp³-hybridized carbons (Fsp3) is 0.143. The fourth-order valence-corrected chi connectivity index (χ4v) is 2.99. The summed E-state index contributed by atoms with van der Waals surface area (Å²) in [5.41, 5.74) is 0.894. The number of hydrogen-bond acceptors (Lipinski definition) is 4. The first-order valence-electron chi connectivity index (χ1n) is 8.81. The predicted octanol–water partition coefficient (Wildman–Crippen LogP) is 3.47. The van der Waals surface area contributed by atoms with E-state index in [1.54, 1.807) is 24.4 Å². The smallest absolute Gasteiger partial charge is 0.269 e. The van der Waals surface area contributed by atoms with E-state index in [1.807, 2.05) is 37.3 Å². The number of aromatic nitrogens is 1. The Morgan fingerprint density at radius 2 is 1.82 bits per heavy atom. The number of amides is 1. The zero-order chi connectivity index (χ0) is 20.1. The van der Waals surface area contributed by atoms with Crippen LogP contribution in [-0.4, -0.2) is 21.9 Å². The molecule has 0 aliphatic heterocycles. The largest absolute Gasteiger partial charge is 0.310 e. The van der Waals surface area contributed by atoms with Gasteiger partial charge in [0.15, 0.2) is 0 Å². The Bertz CT molecular complexity index is 1060. The van der Waals surface area contributed by atoms with Crippen molar-refractivity contribution in [3.05, 3.63) is 105 Å². The average molecular weight is 377 g/mol. The Labute approximate surface area is 161 Å². The number of carbonyl (C=O) groups excluding carboxylic acids is 1. The number of para-hydroxylation sites is 1. The summed E-state index contributed by atoms with van der Waals surface area (Å²) in [7, 11) is 0. The Balaban J connectivity index is 1.93. The predicted molar refractivity (Wildman–Crippen MR) is 107 cm³/mol. The highest BCUT2D eigenvalue weighted by Gasteiger charge is 2.20. The van der Waals surface area contributed by atoms with Gasteiger partial charge in [0.2, 0.25) is 0 Å². The van der Waals surface area contributed by atoms with Gasteiger partial charge in [0.1, 0.15) is 5.56 Å². The Hall–Kier alpha value is -3.74. The first-order chi connectivity index (χ1) is 13.5. The zero-order valence-electron chi connectivity index (χ0n) is 15.3. The van der Waals surface area contributed by atoms with Crippen LogP contribution in [0.15, 0.2) is 77.7 Å². The van der Waals surface area contributed by atoms with Crippen LogP contribution < -0.4 is 10.5 Å². The number of anilines is 1. The van der Waals surface area contributed by atoms with Crippen molar-refractivity contribution < 1.29 is 9.72 Å². The summed E-state index contributed by atoms with van der Waals surface area (Å²) in [5, 5.41) is 10.9. The summed E-state index contributed by atoms with van der Waals surface area (Å²) in [4.78, 5) is 37.8. The average Bonchev–Trinajstić information content (AvgIpc) is 2.71. The molecule has 0 unspecified atom stereocenters. The van der Waals surface area contributed by atoms with Gasteiger partial charge in [-0.1, -0.05) is 30.3 Å². The lowest BCUT2D eigenvalue weighted by Gasteiger charge is -2.21. The van der Waals surface area contributed by atoms with E-state index in [1.165, 1.54) is 27.7 Å². The molecule has 0 saturated carbocycles. The van der Waals surface area contributed by atoms with Gasteiger partial charge in [-0.15, -0.1) is 0 Å². The number of nitro groups is 1. The van der Waals surface area contributed by atoms with E-state index in [0.717, 1.165) is 0 Å². The molecule has 0 bridgehead atoms. The van der Waals surface area contributed by atoms with Crippen molar-refractivity contribution in [3.63, 3.8) is 0 Å². The number of non-ortho nitro benzene ring substituents is 1. The number of carbonyl (C=O) groups is 1. The van der Waals surface area contributed by atoms with Crippen LogP contribution in [0.3, 0.4) is 0 Å². The minimum absolute atomic E-state index is 0.0426. The monoisotopic (exact) mass is 377 g/mol. The minimum atomic E-state index is -0.481. The highest BCUT2D eigenvalue weighted by atomic mass is 16.6. The molecule has 0 N–H and O–H groups in total. The molecule has 0 aliphatic carbocycles. The maximum atomic E-state index is 13.0. The number of rotatable bonds is 6. The van der Waals surface area contributed by atoms with Crippen LogP contribution in [-0.2, 0) is 6.54 Å². The zero-order valence-corrected chi connectivity index (χ0v) is 15.3. The molecule has 2 aromatic carbocycles. The first-order valence-corrected chi connectivity index (χ1v) is 8.81. The molecule has 3 rings (SSSR count). The van der Waals surface area contributed by atoms with Crippen LogP contribution in [0.4, 0.5) is 11.4 Å². The Morgan fingerprint density at radius 1 is 1.07 bits per heavy atom. The second kappa shape index (κ2) is 8.30. The van der Waals surface area contributed by atoms with Crippen molar-refractivity contribution in [2.24, 2.45) is 0 Å². The quantitative estimate of drug-likeness (QED) is 0.486. The third-order valence-electron chi connectivity index (χ3n) is 4.35. The van der Waals surface area contributed by atoms with Gasteiger partial charge in [-0.25, -0.2) is 0 Å². The van der Waals surface area contributed by atoms with Crippen LogP contribution in [0.25, 0.3) is 0 Å². The maximum absolute atomic E-state index is 13.0. The molecule has 1 amide bonds. The van der Waals surface area contributed by atoms with Gasteiger partial charge < -0.3 is 9.47 Å². The number of nitrogens with zero attached hydrogens (tertiary/aromatic N) is 3. The number of benzene rings is 2. The lowest BCUT2D eigenvalue weighted by Crippen LogP contribution is -2.36. The van der Waals surface area contributed by atoms with Crippen LogP contribution in [0, 0.1) is 10.1 Å². The number of nitro benzene ring substituents is 1. The summed E-state index contributed by atoms with van der Waals surface area (Å²) >= 11 is 0. The van der Waals surface area contributed by atoms with E-state index in [9.17, 15) is 19.7 Å². The number of hydrogen-bond donors (Lipinski definition) is 0. The van der Waals surface area contributed by atoms with Gasteiger partial charge >= 0.3 is 0 Å². The molecule has 28 heavy (non-hydrogen) atoms. The van der Waals surface area contributed by atoms with E-state index in [4.69, 9.17) is 0 Å². The lowest BCUT2D eigenvalue weighted by atomic mass is 10.1. The molecule has 1 heterocycles. The molecule has 7 nitrogen and oxygen atoms in total. The normalized spacial score (nSPS) is 10.5. The standard InChI is InChI=1S/C21H19N3O4/c1-2-23(17-9-4-3-5-10-17)21(26)19-12-7-13-22(20(19)25)15-16-8-6-11-18(14-16)24(27)28/h3-14H,2,15H2,1H3. The Kier molecular flexibility index (Phi) is 5.64. The van der Waals surface area contributed by atoms with Crippen molar-refractivity contribution in [1.82, 2.24) is 4.57 Å². The molecule has 142 valence electrons. The summed E-state index contributed by atoms with van der Waals surface area (Å²) in [5.74, 6) is -0.382. The van der Waals surface area contributed by atoms with Gasteiger partial charge in [0.05, 0.1) is 11.5 Å². The highest BCUT2D eigenvalue weighted by molar-refractivity contribution is 6.05. The van der Waals surface area contributed by atoms with E-state index >= 15 is 0 Å². The summed E-state index contributed by atoms with van der Waals surface area (Å²) < 4.78 is 1.38. The second-order valence-electron chi connectivity index (χ2n) is 6.17. The molecular formula is C21H19N3O4. The molecule has 0 fully saturated rings. The topological polar surface area (TPSA) is 85.4 Å².